The van der Waals surface area contributed by atoms with E-state index in [2.05, 4.69) is 22.0 Å². The number of nitrogens with two attached hydrogens (primary N) is 1. The summed E-state index contributed by atoms with van der Waals surface area (Å²) < 4.78 is 1.01. The molecule has 2 fully saturated rings. The summed E-state index contributed by atoms with van der Waals surface area (Å²) in [5.41, 5.74) is 6.07. The van der Waals surface area contributed by atoms with Gasteiger partial charge in [0.2, 0.25) is 11.8 Å². The lowest BCUT2D eigenvalue weighted by Crippen LogP contribution is -2.45. The lowest BCUT2D eigenvalue weighted by molar-refractivity contribution is -0.136. The minimum atomic E-state index is -0.335. The van der Waals surface area contributed by atoms with Crippen molar-refractivity contribution in [2.24, 2.45) is 11.7 Å². The third-order valence-electron chi connectivity index (χ3n) is 4.83. The quantitative estimate of drug-likeness (QED) is 0.892. The summed E-state index contributed by atoms with van der Waals surface area (Å²) in [5, 5.41) is 0. The number of piperidine rings is 1. The minimum absolute atomic E-state index is 0.216. The van der Waals surface area contributed by atoms with E-state index >= 15 is 0 Å². The highest BCUT2D eigenvalue weighted by atomic mass is 79.9. The molecule has 2 amide bonds. The van der Waals surface area contributed by atoms with Gasteiger partial charge in [-0.25, -0.2) is 0 Å². The smallest absolute Gasteiger partial charge is 0.233 e. The Kier molecular flexibility index (Phi) is 4.26. The first kappa shape index (κ1) is 15.5. The van der Waals surface area contributed by atoms with Gasteiger partial charge < -0.3 is 10.6 Å². The maximum Gasteiger partial charge on any atom is 0.233 e. The third kappa shape index (κ3) is 3.05. The third-order valence-corrected chi connectivity index (χ3v) is 5.33. The Morgan fingerprint density at radius 2 is 2.14 bits per heavy atom. The molecule has 3 rings (SSSR count). The number of halogens is 1. The van der Waals surface area contributed by atoms with Crippen LogP contribution in [0.4, 0.5) is 0 Å². The molecule has 1 aliphatic carbocycles. The van der Waals surface area contributed by atoms with Crippen molar-refractivity contribution in [1.29, 1.82) is 0 Å². The predicted octanol–water partition coefficient (Wildman–Crippen LogP) is 2.59. The van der Waals surface area contributed by atoms with E-state index < -0.39 is 0 Å². The van der Waals surface area contributed by atoms with Crippen molar-refractivity contribution < 1.29 is 9.59 Å². The monoisotopic (exact) mass is 364 g/mol. The van der Waals surface area contributed by atoms with Gasteiger partial charge in [0.05, 0.1) is 5.41 Å². The maximum atomic E-state index is 13.0. The number of primary amides is 1. The van der Waals surface area contributed by atoms with Crippen molar-refractivity contribution in [1.82, 2.24) is 4.90 Å². The molecule has 4 nitrogen and oxygen atoms in total. The highest BCUT2D eigenvalue weighted by Crippen LogP contribution is 2.50. The number of carbonyl (C=O) groups excluding carboxylic acids is 2. The van der Waals surface area contributed by atoms with Crippen LogP contribution in [-0.4, -0.2) is 29.8 Å². The molecule has 1 atom stereocenters. The van der Waals surface area contributed by atoms with Crippen LogP contribution < -0.4 is 5.73 Å². The molecule has 2 N–H and O–H groups in total. The predicted molar refractivity (Wildman–Crippen MR) is 88.2 cm³/mol. The van der Waals surface area contributed by atoms with E-state index in [0.717, 1.165) is 42.3 Å². The fourth-order valence-corrected chi connectivity index (χ4v) is 3.94. The zero-order valence-corrected chi connectivity index (χ0v) is 14.1. The minimum Gasteiger partial charge on any atom is -0.370 e. The van der Waals surface area contributed by atoms with Crippen molar-refractivity contribution in [3.8, 4) is 0 Å². The number of hydrogen-bond donors (Lipinski definition) is 1. The lowest BCUT2D eigenvalue weighted by atomic mass is 9.90. The van der Waals surface area contributed by atoms with Crippen LogP contribution in [-0.2, 0) is 15.0 Å². The summed E-state index contributed by atoms with van der Waals surface area (Å²) in [6, 6.07) is 8.06. The Labute approximate surface area is 139 Å². The summed E-state index contributed by atoms with van der Waals surface area (Å²) in [6.07, 6.45) is 4.15. The highest BCUT2D eigenvalue weighted by molar-refractivity contribution is 9.10. The largest absolute Gasteiger partial charge is 0.370 e. The number of rotatable bonds is 4. The second-order valence-electron chi connectivity index (χ2n) is 6.52. The zero-order valence-electron chi connectivity index (χ0n) is 12.6. The topological polar surface area (TPSA) is 63.4 Å². The summed E-state index contributed by atoms with van der Waals surface area (Å²) in [7, 11) is 0. The van der Waals surface area contributed by atoms with Gasteiger partial charge in [-0.05, 0) is 49.3 Å². The molecule has 0 aromatic heterocycles. The molecule has 0 unspecified atom stereocenters. The van der Waals surface area contributed by atoms with Crippen LogP contribution in [0.2, 0.25) is 0 Å². The van der Waals surface area contributed by atoms with Crippen molar-refractivity contribution in [2.75, 3.05) is 13.1 Å². The number of nitrogens with zero attached hydrogens (tertiary/aromatic N) is 1. The molecule has 1 heterocycles. The van der Waals surface area contributed by atoms with Gasteiger partial charge in [-0.2, -0.15) is 0 Å². The molecule has 1 saturated carbocycles. The van der Waals surface area contributed by atoms with E-state index in [0.29, 0.717) is 13.0 Å². The normalized spacial score (nSPS) is 23.1. The average molecular weight is 365 g/mol. The molecule has 1 aromatic rings. The van der Waals surface area contributed by atoms with Crippen molar-refractivity contribution in [2.45, 2.75) is 37.5 Å². The van der Waals surface area contributed by atoms with E-state index in [-0.39, 0.29) is 23.1 Å². The molecule has 2 aliphatic rings. The van der Waals surface area contributed by atoms with Crippen molar-refractivity contribution >= 4 is 27.7 Å². The van der Waals surface area contributed by atoms with Crippen LogP contribution in [0.25, 0.3) is 0 Å². The van der Waals surface area contributed by atoms with Crippen LogP contribution in [0.5, 0.6) is 0 Å². The first-order valence-electron chi connectivity index (χ1n) is 7.85. The second-order valence-corrected chi connectivity index (χ2v) is 7.44. The molecule has 118 valence electrons. The van der Waals surface area contributed by atoms with Crippen LogP contribution in [0.15, 0.2) is 28.7 Å². The van der Waals surface area contributed by atoms with Gasteiger partial charge in [0.1, 0.15) is 0 Å². The molecule has 5 heteroatoms. The SMILES string of the molecule is NC(=O)C[C@H]1CCCN(C(=O)C2(c3cccc(Br)c3)CC2)C1. The Morgan fingerprint density at radius 1 is 1.36 bits per heavy atom. The second kappa shape index (κ2) is 6.03. The number of likely N-dealkylation sites (tertiary alicyclic amines) is 1. The highest BCUT2D eigenvalue weighted by Gasteiger charge is 2.53. The fourth-order valence-electron chi connectivity index (χ4n) is 3.54. The van der Waals surface area contributed by atoms with Crippen LogP contribution in [0.1, 0.15) is 37.7 Å². The zero-order chi connectivity index (χ0) is 15.7. The summed E-state index contributed by atoms with van der Waals surface area (Å²) in [5.74, 6) is 0.167. The molecule has 22 heavy (non-hydrogen) atoms. The molecular formula is C17H21BrN2O2. The molecule has 1 saturated heterocycles. The van der Waals surface area contributed by atoms with Crippen molar-refractivity contribution in [3.05, 3.63) is 34.3 Å². The van der Waals surface area contributed by atoms with E-state index in [1.807, 2.05) is 23.1 Å². The van der Waals surface area contributed by atoms with Gasteiger partial charge >= 0.3 is 0 Å². The first-order valence-corrected chi connectivity index (χ1v) is 8.64. The standard InChI is InChI=1S/C17H21BrN2O2/c18-14-5-1-4-13(10-14)17(6-7-17)16(22)20-8-2-3-12(11-20)9-15(19)21/h1,4-5,10,12H,2-3,6-9,11H2,(H2,19,21)/t12-/m1/s1. The van der Waals surface area contributed by atoms with Crippen molar-refractivity contribution in [3.63, 3.8) is 0 Å². The molecule has 0 radical (unpaired) electrons. The van der Waals surface area contributed by atoms with Crippen LogP contribution in [0, 0.1) is 5.92 Å². The Morgan fingerprint density at radius 3 is 2.77 bits per heavy atom. The Balaban J connectivity index is 1.74. The van der Waals surface area contributed by atoms with Crippen LogP contribution >= 0.6 is 15.9 Å². The molecule has 1 aromatic carbocycles. The van der Waals surface area contributed by atoms with Gasteiger partial charge in [-0.1, -0.05) is 28.1 Å². The van der Waals surface area contributed by atoms with E-state index in [1.165, 1.54) is 0 Å². The maximum absolute atomic E-state index is 13.0. The summed E-state index contributed by atoms with van der Waals surface area (Å²) in [6.45, 7) is 1.46. The number of benzene rings is 1. The molecule has 0 spiro atoms. The Hall–Kier alpha value is -1.36. The number of amides is 2. The number of hydrogen-bond acceptors (Lipinski definition) is 2. The van der Waals surface area contributed by atoms with E-state index in [1.54, 1.807) is 0 Å². The summed E-state index contributed by atoms with van der Waals surface area (Å²) in [4.78, 5) is 26.1. The fraction of sp³-hybridized carbons (Fsp3) is 0.529. The Bertz CT molecular complexity index is 598. The average Bonchev–Trinajstić information content (AvgIpc) is 3.28. The van der Waals surface area contributed by atoms with E-state index in [4.69, 9.17) is 5.73 Å². The van der Waals surface area contributed by atoms with Gasteiger partial charge in [0.15, 0.2) is 0 Å². The van der Waals surface area contributed by atoms with Gasteiger partial charge in [-0.15, -0.1) is 0 Å². The summed E-state index contributed by atoms with van der Waals surface area (Å²) >= 11 is 3.49. The molecule has 1 aliphatic heterocycles. The molecule has 0 bridgehead atoms. The van der Waals surface area contributed by atoms with Gasteiger partial charge in [0, 0.05) is 24.0 Å². The number of carbonyl (C=O) groups is 2. The lowest BCUT2D eigenvalue weighted by Gasteiger charge is -2.35. The van der Waals surface area contributed by atoms with Crippen LogP contribution in [0.3, 0.4) is 0 Å². The van der Waals surface area contributed by atoms with Gasteiger partial charge in [0.25, 0.3) is 0 Å². The molecular weight excluding hydrogens is 344 g/mol. The first-order chi connectivity index (χ1) is 10.5. The van der Waals surface area contributed by atoms with E-state index in [9.17, 15) is 9.59 Å². The van der Waals surface area contributed by atoms with Gasteiger partial charge in [-0.3, -0.25) is 9.59 Å².